The highest BCUT2D eigenvalue weighted by Gasteiger charge is 2.40. The number of carbonyl (C=O) groups is 1. The van der Waals surface area contributed by atoms with Gasteiger partial charge in [-0.15, -0.1) is 0 Å². The van der Waals surface area contributed by atoms with Crippen molar-refractivity contribution >= 4 is 17.2 Å². The van der Waals surface area contributed by atoms with Gasteiger partial charge in [-0.3, -0.25) is 9.11 Å². The van der Waals surface area contributed by atoms with Crippen LogP contribution in [0.4, 0.5) is 13.6 Å². The van der Waals surface area contributed by atoms with Crippen molar-refractivity contribution in [3.05, 3.63) is 0 Å². The van der Waals surface area contributed by atoms with Crippen LogP contribution in [0.15, 0.2) is 0 Å². The molecule has 0 aromatic heterocycles. The molecule has 3 atom stereocenters. The summed E-state index contributed by atoms with van der Waals surface area (Å²) in [4.78, 5) is 11.5. The van der Waals surface area contributed by atoms with Crippen molar-refractivity contribution in [2.45, 2.75) is 25.3 Å². The molecule has 0 aromatic carbocycles. The Kier molecular flexibility index (Phi) is 5.00. The maximum absolute atomic E-state index is 13.2. The van der Waals surface area contributed by atoms with Crippen LogP contribution in [0.2, 0.25) is 0 Å². The lowest BCUT2D eigenvalue weighted by Crippen LogP contribution is -2.53. The normalized spacial score (nSPS) is 28.7. The third kappa shape index (κ3) is 4.46. The van der Waals surface area contributed by atoms with Gasteiger partial charge in [0.05, 0.1) is 12.4 Å². The number of piperidine rings is 1. The lowest BCUT2D eigenvalue weighted by atomic mass is 9.89. The highest BCUT2D eigenvalue weighted by molar-refractivity contribution is 7.79. The smallest absolute Gasteiger partial charge is 0.408 e. The Bertz CT molecular complexity index is 343. The van der Waals surface area contributed by atoms with E-state index in [9.17, 15) is 22.3 Å². The minimum absolute atomic E-state index is 0.229. The van der Waals surface area contributed by atoms with E-state index in [0.29, 0.717) is 4.90 Å². The molecule has 1 rings (SSSR count). The number of carboxylic acid groups (broad SMARTS) is 1. The van der Waals surface area contributed by atoms with Crippen LogP contribution in [0.1, 0.15) is 13.3 Å². The number of hydrogen-bond acceptors (Lipinski definition) is 4. The second-order valence-corrected chi connectivity index (χ2v) is 5.29. The minimum Gasteiger partial charge on any atom is -0.771 e. The number of halogens is 2. The van der Waals surface area contributed by atoms with Gasteiger partial charge < -0.3 is 15.0 Å². The molecule has 1 heterocycles. The molecule has 3 unspecified atom stereocenters. The summed E-state index contributed by atoms with van der Waals surface area (Å²) in [6.45, 7) is 1.01. The fourth-order valence-electron chi connectivity index (χ4n) is 1.93. The van der Waals surface area contributed by atoms with Crippen LogP contribution in [0.25, 0.3) is 0 Å². The largest absolute Gasteiger partial charge is 0.771 e. The lowest BCUT2D eigenvalue weighted by molar-refractivity contribution is -0.0538. The molecular weight excluding hydrogens is 270 g/mol. The van der Waals surface area contributed by atoms with Gasteiger partial charge in [-0.25, -0.2) is 13.6 Å². The predicted molar refractivity (Wildman–Crippen MR) is 59.0 cm³/mol. The SMILES string of the molecule is CC1NCC(F)(F)CC1CN(CS(=O)[O-])C(=O)O. The number of hydrogen-bond donors (Lipinski definition) is 2. The van der Waals surface area contributed by atoms with E-state index in [-0.39, 0.29) is 12.6 Å². The van der Waals surface area contributed by atoms with E-state index >= 15 is 0 Å². The van der Waals surface area contributed by atoms with Crippen LogP contribution >= 0.6 is 0 Å². The molecule has 106 valence electrons. The predicted octanol–water partition coefficient (Wildman–Crippen LogP) is 0.436. The van der Waals surface area contributed by atoms with Crippen molar-refractivity contribution in [3.63, 3.8) is 0 Å². The van der Waals surface area contributed by atoms with E-state index in [1.54, 1.807) is 6.92 Å². The summed E-state index contributed by atoms with van der Waals surface area (Å²) in [5.41, 5.74) is 0. The van der Waals surface area contributed by atoms with Crippen LogP contribution in [-0.2, 0) is 11.1 Å². The first-order valence-corrected chi connectivity index (χ1v) is 6.60. The van der Waals surface area contributed by atoms with Crippen molar-refractivity contribution in [2.24, 2.45) is 5.92 Å². The molecule has 0 aromatic rings. The second kappa shape index (κ2) is 5.89. The van der Waals surface area contributed by atoms with Gasteiger partial charge in [0.25, 0.3) is 5.92 Å². The van der Waals surface area contributed by atoms with E-state index in [1.165, 1.54) is 0 Å². The number of nitrogens with one attached hydrogen (secondary N) is 1. The van der Waals surface area contributed by atoms with Crippen LogP contribution in [0, 0.1) is 5.92 Å². The molecule has 0 radical (unpaired) electrons. The summed E-state index contributed by atoms with van der Waals surface area (Å²) in [6.07, 6.45) is -1.88. The zero-order valence-corrected chi connectivity index (χ0v) is 10.6. The average molecular weight is 285 g/mol. The van der Waals surface area contributed by atoms with E-state index in [4.69, 9.17) is 5.11 Å². The molecule has 18 heavy (non-hydrogen) atoms. The molecule has 2 N–H and O–H groups in total. The minimum atomic E-state index is -2.89. The Labute approximate surface area is 106 Å². The van der Waals surface area contributed by atoms with Crippen LogP contribution in [0.3, 0.4) is 0 Å². The van der Waals surface area contributed by atoms with E-state index in [1.807, 2.05) is 0 Å². The van der Waals surface area contributed by atoms with Gasteiger partial charge in [0.2, 0.25) is 0 Å². The number of nitrogens with zero attached hydrogens (tertiary/aromatic N) is 1. The fraction of sp³-hybridized carbons (Fsp3) is 0.889. The van der Waals surface area contributed by atoms with E-state index < -0.39 is 47.9 Å². The maximum Gasteiger partial charge on any atom is 0.408 e. The van der Waals surface area contributed by atoms with Gasteiger partial charge in [-0.05, 0) is 23.9 Å². The van der Waals surface area contributed by atoms with Crippen molar-refractivity contribution in [1.29, 1.82) is 0 Å². The monoisotopic (exact) mass is 285 g/mol. The summed E-state index contributed by atoms with van der Waals surface area (Å²) < 4.78 is 47.4. The Hall–Kier alpha value is -0.800. The Balaban J connectivity index is 2.66. The third-order valence-electron chi connectivity index (χ3n) is 2.94. The molecule has 1 aliphatic heterocycles. The maximum atomic E-state index is 13.2. The molecule has 9 heteroatoms. The molecule has 1 amide bonds. The number of rotatable bonds is 4. The Morgan fingerprint density at radius 2 is 2.28 bits per heavy atom. The second-order valence-electron chi connectivity index (χ2n) is 4.43. The summed E-state index contributed by atoms with van der Waals surface area (Å²) in [5, 5.41) is 11.4. The van der Waals surface area contributed by atoms with Gasteiger partial charge in [-0.1, -0.05) is 0 Å². The van der Waals surface area contributed by atoms with Gasteiger partial charge >= 0.3 is 6.09 Å². The van der Waals surface area contributed by atoms with Crippen LogP contribution < -0.4 is 5.32 Å². The zero-order chi connectivity index (χ0) is 13.9. The highest BCUT2D eigenvalue weighted by Crippen LogP contribution is 2.29. The molecule has 0 spiro atoms. The highest BCUT2D eigenvalue weighted by atomic mass is 32.2. The van der Waals surface area contributed by atoms with E-state index in [2.05, 4.69) is 5.32 Å². The zero-order valence-electron chi connectivity index (χ0n) is 9.77. The van der Waals surface area contributed by atoms with Crippen molar-refractivity contribution in [3.8, 4) is 0 Å². The first-order valence-electron chi connectivity index (χ1n) is 5.36. The third-order valence-corrected chi connectivity index (χ3v) is 3.46. The summed E-state index contributed by atoms with van der Waals surface area (Å²) >= 11 is -2.56. The summed E-state index contributed by atoms with van der Waals surface area (Å²) in [5.74, 6) is -4.21. The molecule has 0 saturated carbocycles. The van der Waals surface area contributed by atoms with Gasteiger partial charge in [-0.2, -0.15) is 0 Å². The first kappa shape index (κ1) is 15.3. The van der Waals surface area contributed by atoms with Crippen LogP contribution in [0.5, 0.6) is 0 Å². The topological polar surface area (TPSA) is 92.7 Å². The first-order chi connectivity index (χ1) is 8.21. The summed E-state index contributed by atoms with van der Waals surface area (Å²) in [7, 11) is 0. The molecular formula is C9H15F2N2O4S-. The van der Waals surface area contributed by atoms with Crippen molar-refractivity contribution in [2.75, 3.05) is 19.0 Å². The number of alkyl halides is 2. The quantitative estimate of drug-likeness (QED) is 0.731. The van der Waals surface area contributed by atoms with Gasteiger partial charge in [0.15, 0.2) is 0 Å². The average Bonchev–Trinajstić information content (AvgIpc) is 2.21. The Morgan fingerprint density at radius 1 is 1.67 bits per heavy atom. The lowest BCUT2D eigenvalue weighted by Gasteiger charge is -2.37. The number of amides is 1. The molecule has 6 nitrogen and oxygen atoms in total. The van der Waals surface area contributed by atoms with Crippen molar-refractivity contribution < 1.29 is 27.4 Å². The van der Waals surface area contributed by atoms with E-state index in [0.717, 1.165) is 0 Å². The van der Waals surface area contributed by atoms with Crippen LogP contribution in [-0.4, -0.2) is 55.8 Å². The molecule has 0 aliphatic carbocycles. The summed E-state index contributed by atoms with van der Waals surface area (Å²) in [6, 6.07) is -0.286. The molecule has 1 saturated heterocycles. The molecule has 1 aliphatic rings. The van der Waals surface area contributed by atoms with Crippen molar-refractivity contribution in [1.82, 2.24) is 10.2 Å². The molecule has 0 bridgehead atoms. The Morgan fingerprint density at radius 3 is 2.78 bits per heavy atom. The fourth-order valence-corrected chi connectivity index (χ4v) is 2.40. The molecule has 1 fully saturated rings. The standard InChI is InChI=1S/C9H16F2N2O4S/c1-6-7(2-9(10,11)4-12-6)3-13(8(14)15)5-18(16)17/h6-7,12H,2-5H2,1H3,(H,14,15)(H,16,17)/p-1. The van der Waals surface area contributed by atoms with Gasteiger partial charge in [0, 0.05) is 19.0 Å². The van der Waals surface area contributed by atoms with Gasteiger partial charge in [0.1, 0.15) is 0 Å².